The fraction of sp³-hybridized carbons (Fsp3) is 0.450. The van der Waals surface area contributed by atoms with Gasteiger partial charge in [-0.1, -0.05) is 19.1 Å². The molecule has 0 atom stereocenters. The highest BCUT2D eigenvalue weighted by Crippen LogP contribution is 2.32. The second-order valence-corrected chi connectivity index (χ2v) is 7.98. The fourth-order valence-electron chi connectivity index (χ4n) is 3.31. The first-order valence-electron chi connectivity index (χ1n) is 9.43. The third-order valence-corrected chi connectivity index (χ3v) is 6.02. The quantitative estimate of drug-likeness (QED) is 0.744. The van der Waals surface area contributed by atoms with Crippen molar-refractivity contribution in [3.05, 3.63) is 51.0 Å². The lowest BCUT2D eigenvalue weighted by Crippen LogP contribution is -2.50. The lowest BCUT2D eigenvalue weighted by Gasteiger charge is -2.35. The number of hydrogen-bond donors (Lipinski definition) is 0. The molecule has 0 spiro atoms. The van der Waals surface area contributed by atoms with Crippen LogP contribution in [0, 0.1) is 6.92 Å². The molecule has 0 radical (unpaired) electrons. The van der Waals surface area contributed by atoms with Gasteiger partial charge in [0, 0.05) is 26.2 Å². The molecule has 1 saturated heterocycles. The number of nitrogens with zero attached hydrogens (tertiary/aromatic N) is 3. The van der Waals surface area contributed by atoms with Crippen molar-refractivity contribution < 1.29 is 22.8 Å². The van der Waals surface area contributed by atoms with E-state index in [1.807, 2.05) is 6.92 Å². The molecule has 5 nitrogen and oxygen atoms in total. The maximum Gasteiger partial charge on any atom is 0.417 e. The van der Waals surface area contributed by atoms with E-state index >= 15 is 0 Å². The molecule has 2 aromatic rings. The zero-order valence-electron chi connectivity index (χ0n) is 16.3. The van der Waals surface area contributed by atoms with Gasteiger partial charge in [-0.25, -0.2) is 4.98 Å². The Morgan fingerprint density at radius 2 is 1.66 bits per heavy atom. The Bertz CT molecular complexity index is 903. The normalized spacial score (nSPS) is 14.9. The first kappa shape index (κ1) is 21.3. The molecule has 1 fully saturated rings. The maximum atomic E-state index is 13.2. The Hall–Kier alpha value is -2.42. The highest BCUT2D eigenvalue weighted by atomic mass is 32.1. The minimum atomic E-state index is -4.59. The van der Waals surface area contributed by atoms with Crippen LogP contribution in [0.15, 0.2) is 24.3 Å². The smallest absolute Gasteiger partial charge is 0.335 e. The van der Waals surface area contributed by atoms with Crippen LogP contribution in [-0.2, 0) is 12.6 Å². The van der Waals surface area contributed by atoms with E-state index in [0.717, 1.165) is 23.9 Å². The number of aromatic nitrogens is 1. The van der Waals surface area contributed by atoms with E-state index in [1.54, 1.807) is 11.8 Å². The Labute approximate surface area is 171 Å². The van der Waals surface area contributed by atoms with E-state index in [9.17, 15) is 22.8 Å². The lowest BCUT2D eigenvalue weighted by molar-refractivity contribution is -0.138. The van der Waals surface area contributed by atoms with Gasteiger partial charge in [0.25, 0.3) is 11.8 Å². The summed E-state index contributed by atoms with van der Waals surface area (Å²) in [4.78, 5) is 33.5. The zero-order chi connectivity index (χ0) is 21.2. The van der Waals surface area contributed by atoms with Crippen molar-refractivity contribution in [3.63, 3.8) is 0 Å². The molecular weight excluding hydrogens is 403 g/mol. The molecule has 0 bridgehead atoms. The molecule has 3 rings (SSSR count). The van der Waals surface area contributed by atoms with Gasteiger partial charge in [0.2, 0.25) is 0 Å². The van der Waals surface area contributed by atoms with Crippen molar-refractivity contribution in [1.82, 2.24) is 14.8 Å². The maximum absolute atomic E-state index is 13.2. The minimum Gasteiger partial charge on any atom is -0.335 e. The summed E-state index contributed by atoms with van der Waals surface area (Å²) in [5.74, 6) is -0.797. The molecule has 1 aliphatic heterocycles. The molecule has 2 amide bonds. The summed E-state index contributed by atoms with van der Waals surface area (Å²) in [6, 6.07) is 4.79. The van der Waals surface area contributed by atoms with Gasteiger partial charge in [0.15, 0.2) is 0 Å². The number of aryl methyl sites for hydroxylation is 2. The van der Waals surface area contributed by atoms with E-state index < -0.39 is 17.6 Å². The minimum absolute atomic E-state index is 0.134. The van der Waals surface area contributed by atoms with Gasteiger partial charge in [-0.3, -0.25) is 9.59 Å². The SMILES string of the molecule is CCCc1nc(C)c(C(=O)N2CCN(C(=O)c3ccccc3C(F)(F)F)CC2)s1. The lowest BCUT2D eigenvalue weighted by atomic mass is 10.1. The highest BCUT2D eigenvalue weighted by molar-refractivity contribution is 7.13. The molecule has 0 unspecified atom stereocenters. The monoisotopic (exact) mass is 425 g/mol. The van der Waals surface area contributed by atoms with Gasteiger partial charge in [-0.15, -0.1) is 11.3 Å². The standard InChI is InChI=1S/C20H22F3N3O2S/c1-3-6-16-24-13(2)17(29-16)19(28)26-11-9-25(10-12-26)18(27)14-7-4-5-8-15(14)20(21,22)23/h4-5,7-8H,3,6,9-12H2,1-2H3. The topological polar surface area (TPSA) is 53.5 Å². The molecule has 156 valence electrons. The van der Waals surface area contributed by atoms with Gasteiger partial charge in [-0.05, 0) is 31.9 Å². The number of rotatable bonds is 4. The Morgan fingerprint density at radius 1 is 1.07 bits per heavy atom. The molecule has 1 aromatic carbocycles. The summed E-state index contributed by atoms with van der Waals surface area (Å²) in [6.45, 7) is 4.79. The second kappa shape index (κ2) is 8.52. The number of thiazole rings is 1. The van der Waals surface area contributed by atoms with Crippen LogP contribution in [-0.4, -0.2) is 52.8 Å². The first-order chi connectivity index (χ1) is 13.7. The molecule has 9 heteroatoms. The van der Waals surface area contributed by atoms with Crippen molar-refractivity contribution >= 4 is 23.2 Å². The molecule has 0 saturated carbocycles. The van der Waals surface area contributed by atoms with Crippen LogP contribution in [0.5, 0.6) is 0 Å². The van der Waals surface area contributed by atoms with Crippen molar-refractivity contribution in [1.29, 1.82) is 0 Å². The zero-order valence-corrected chi connectivity index (χ0v) is 17.1. The molecule has 0 N–H and O–H groups in total. The molecule has 2 heterocycles. The second-order valence-electron chi connectivity index (χ2n) is 6.90. The number of carbonyl (C=O) groups excluding carboxylic acids is 2. The third-order valence-electron chi connectivity index (χ3n) is 4.82. The molecule has 29 heavy (non-hydrogen) atoms. The predicted molar refractivity (Wildman–Crippen MR) is 104 cm³/mol. The largest absolute Gasteiger partial charge is 0.417 e. The third kappa shape index (κ3) is 4.60. The summed E-state index contributed by atoms with van der Waals surface area (Å²) < 4.78 is 39.6. The summed E-state index contributed by atoms with van der Waals surface area (Å²) in [5.41, 5.74) is -0.601. The van der Waals surface area contributed by atoms with E-state index in [4.69, 9.17) is 0 Å². The average Bonchev–Trinajstić information content (AvgIpc) is 3.07. The number of alkyl halides is 3. The van der Waals surface area contributed by atoms with Crippen LogP contribution >= 0.6 is 11.3 Å². The molecule has 1 aromatic heterocycles. The number of carbonyl (C=O) groups is 2. The van der Waals surface area contributed by atoms with Crippen LogP contribution in [0.4, 0.5) is 13.2 Å². The first-order valence-corrected chi connectivity index (χ1v) is 10.2. The Kier molecular flexibility index (Phi) is 6.26. The summed E-state index contributed by atoms with van der Waals surface area (Å²) >= 11 is 1.39. The van der Waals surface area contributed by atoms with Crippen LogP contribution < -0.4 is 0 Å². The van der Waals surface area contributed by atoms with Gasteiger partial charge >= 0.3 is 6.18 Å². The molecule has 1 aliphatic rings. The predicted octanol–water partition coefficient (Wildman–Crippen LogP) is 4.02. The summed E-state index contributed by atoms with van der Waals surface area (Å²) in [6.07, 6.45) is -2.83. The summed E-state index contributed by atoms with van der Waals surface area (Å²) in [5, 5.41) is 0.922. The van der Waals surface area contributed by atoms with E-state index in [2.05, 4.69) is 4.98 Å². The van der Waals surface area contributed by atoms with Crippen LogP contribution in [0.3, 0.4) is 0 Å². The van der Waals surface area contributed by atoms with Gasteiger partial charge in [0.05, 0.1) is 21.8 Å². The van der Waals surface area contributed by atoms with Crippen molar-refractivity contribution in [2.75, 3.05) is 26.2 Å². The molecular formula is C20H22F3N3O2S. The molecule has 0 aliphatic carbocycles. The van der Waals surface area contributed by atoms with Gasteiger partial charge in [-0.2, -0.15) is 13.2 Å². The van der Waals surface area contributed by atoms with Gasteiger partial charge in [0.1, 0.15) is 4.88 Å². The fourth-order valence-corrected chi connectivity index (χ4v) is 4.45. The van der Waals surface area contributed by atoms with Crippen LogP contribution in [0.1, 0.15) is 49.6 Å². The Morgan fingerprint density at radius 3 is 2.24 bits per heavy atom. The number of amides is 2. The number of hydrogen-bond acceptors (Lipinski definition) is 4. The summed E-state index contributed by atoms with van der Waals surface area (Å²) in [7, 11) is 0. The number of piperazine rings is 1. The van der Waals surface area contributed by atoms with Crippen molar-refractivity contribution in [3.8, 4) is 0 Å². The number of benzene rings is 1. The van der Waals surface area contributed by atoms with Crippen molar-refractivity contribution in [2.45, 2.75) is 32.9 Å². The average molecular weight is 425 g/mol. The number of halogens is 3. The van der Waals surface area contributed by atoms with Crippen LogP contribution in [0.25, 0.3) is 0 Å². The van der Waals surface area contributed by atoms with E-state index in [-0.39, 0.29) is 37.6 Å². The highest BCUT2D eigenvalue weighted by Gasteiger charge is 2.36. The van der Waals surface area contributed by atoms with E-state index in [1.165, 1.54) is 34.4 Å². The van der Waals surface area contributed by atoms with E-state index in [0.29, 0.717) is 10.6 Å². The Balaban J connectivity index is 1.68. The van der Waals surface area contributed by atoms with Crippen molar-refractivity contribution in [2.24, 2.45) is 0 Å². The van der Waals surface area contributed by atoms with Crippen LogP contribution in [0.2, 0.25) is 0 Å². The van der Waals surface area contributed by atoms with Gasteiger partial charge < -0.3 is 9.80 Å².